The first kappa shape index (κ1) is 14.5. The van der Waals surface area contributed by atoms with Gasteiger partial charge in [0.05, 0.1) is 6.54 Å². The fourth-order valence-corrected chi connectivity index (χ4v) is 1.24. The van der Waals surface area contributed by atoms with Crippen molar-refractivity contribution in [2.45, 2.75) is 26.1 Å². The molecular weight excluding hydrogens is 205 g/mol. The van der Waals surface area contributed by atoms with E-state index in [0.717, 1.165) is 5.57 Å². The van der Waals surface area contributed by atoms with Crippen LogP contribution in [0.25, 0.3) is 0 Å². The minimum Gasteiger partial charge on any atom is -0.316 e. The predicted octanol–water partition coefficient (Wildman–Crippen LogP) is 2.03. The van der Waals surface area contributed by atoms with Crippen LogP contribution in [0, 0.1) is 0 Å². The summed E-state index contributed by atoms with van der Waals surface area (Å²) in [6, 6.07) is -0.139. The largest absolute Gasteiger partial charge is 0.401 e. The minimum atomic E-state index is -4.15. The average Bonchev–Trinajstić information content (AvgIpc) is 2.00. The van der Waals surface area contributed by atoms with Crippen molar-refractivity contribution >= 4 is 0 Å². The Hall–Kier alpha value is -0.550. The molecule has 2 nitrogen and oxygen atoms in total. The maximum Gasteiger partial charge on any atom is 0.401 e. The zero-order valence-corrected chi connectivity index (χ0v) is 9.49. The molecule has 0 saturated heterocycles. The zero-order valence-electron chi connectivity index (χ0n) is 9.49. The van der Waals surface area contributed by atoms with Crippen molar-refractivity contribution in [3.05, 3.63) is 12.2 Å². The van der Waals surface area contributed by atoms with Crippen LogP contribution in [-0.2, 0) is 0 Å². The zero-order chi connectivity index (χ0) is 12.1. The van der Waals surface area contributed by atoms with Crippen molar-refractivity contribution in [2.75, 3.05) is 26.7 Å². The maximum atomic E-state index is 12.2. The van der Waals surface area contributed by atoms with E-state index in [0.29, 0.717) is 6.54 Å². The van der Waals surface area contributed by atoms with Gasteiger partial charge in [0.15, 0.2) is 0 Å². The number of hydrogen-bond acceptors (Lipinski definition) is 2. The predicted molar refractivity (Wildman–Crippen MR) is 55.8 cm³/mol. The number of halogens is 3. The van der Waals surface area contributed by atoms with E-state index in [1.165, 1.54) is 4.90 Å². The second-order valence-corrected chi connectivity index (χ2v) is 3.89. The van der Waals surface area contributed by atoms with Gasteiger partial charge in [-0.15, -0.1) is 0 Å². The molecule has 0 aromatic heterocycles. The lowest BCUT2D eigenvalue weighted by Crippen LogP contribution is -2.40. The summed E-state index contributed by atoms with van der Waals surface area (Å²) in [4.78, 5) is 1.36. The average molecular weight is 224 g/mol. The van der Waals surface area contributed by atoms with E-state index < -0.39 is 12.7 Å². The molecule has 0 aromatic carbocycles. The molecule has 0 aromatic rings. The van der Waals surface area contributed by atoms with Gasteiger partial charge in [-0.2, -0.15) is 13.2 Å². The quantitative estimate of drug-likeness (QED) is 0.694. The van der Waals surface area contributed by atoms with E-state index in [9.17, 15) is 13.2 Å². The standard InChI is InChI=1S/C10H19F3N2/c1-8(2)15(7-10(11,12)13)6-9(3)5-14-4/h8,14H,3,5-7H2,1-2,4H3. The Morgan fingerprint density at radius 2 is 1.93 bits per heavy atom. The minimum absolute atomic E-state index is 0.139. The van der Waals surface area contributed by atoms with Gasteiger partial charge in [-0.3, -0.25) is 4.90 Å². The smallest absolute Gasteiger partial charge is 0.316 e. The van der Waals surface area contributed by atoms with E-state index in [-0.39, 0.29) is 12.6 Å². The number of nitrogens with one attached hydrogen (secondary N) is 1. The van der Waals surface area contributed by atoms with Gasteiger partial charge >= 0.3 is 6.18 Å². The number of nitrogens with zero attached hydrogens (tertiary/aromatic N) is 1. The molecule has 1 N–H and O–H groups in total. The Bertz CT molecular complexity index is 199. The number of hydrogen-bond donors (Lipinski definition) is 1. The monoisotopic (exact) mass is 224 g/mol. The fraction of sp³-hybridized carbons (Fsp3) is 0.800. The van der Waals surface area contributed by atoms with Gasteiger partial charge in [-0.25, -0.2) is 0 Å². The Balaban J connectivity index is 4.23. The van der Waals surface area contributed by atoms with Crippen LogP contribution in [0.3, 0.4) is 0 Å². The number of rotatable bonds is 6. The lowest BCUT2D eigenvalue weighted by atomic mass is 10.2. The van der Waals surface area contributed by atoms with Gasteiger partial charge in [0.2, 0.25) is 0 Å². The van der Waals surface area contributed by atoms with Crippen molar-refractivity contribution in [1.82, 2.24) is 10.2 Å². The second-order valence-electron chi connectivity index (χ2n) is 3.89. The van der Waals surface area contributed by atoms with Crippen molar-refractivity contribution in [1.29, 1.82) is 0 Å². The van der Waals surface area contributed by atoms with Crippen molar-refractivity contribution in [2.24, 2.45) is 0 Å². The molecule has 0 fully saturated rings. The number of alkyl halides is 3. The van der Waals surface area contributed by atoms with E-state index in [2.05, 4.69) is 11.9 Å². The molecule has 0 saturated carbocycles. The normalized spacial score (nSPS) is 12.5. The molecule has 0 aliphatic heterocycles. The highest BCUT2D eigenvalue weighted by atomic mass is 19.4. The van der Waals surface area contributed by atoms with Crippen LogP contribution in [-0.4, -0.2) is 43.8 Å². The summed E-state index contributed by atoms with van der Waals surface area (Å²) >= 11 is 0. The Morgan fingerprint density at radius 3 is 2.27 bits per heavy atom. The molecule has 0 amide bonds. The van der Waals surface area contributed by atoms with Crippen molar-refractivity contribution < 1.29 is 13.2 Å². The summed E-state index contributed by atoms with van der Waals surface area (Å²) in [7, 11) is 1.74. The van der Waals surface area contributed by atoms with Gasteiger partial charge in [0.25, 0.3) is 0 Å². The van der Waals surface area contributed by atoms with Gasteiger partial charge in [-0.1, -0.05) is 6.58 Å². The molecule has 0 aliphatic rings. The Morgan fingerprint density at radius 1 is 1.40 bits per heavy atom. The van der Waals surface area contributed by atoms with Crippen LogP contribution in [0.2, 0.25) is 0 Å². The van der Waals surface area contributed by atoms with E-state index in [4.69, 9.17) is 0 Å². The number of likely N-dealkylation sites (N-methyl/N-ethyl adjacent to an activating group) is 1. The third-order valence-corrected chi connectivity index (χ3v) is 1.97. The molecule has 5 heteroatoms. The highest BCUT2D eigenvalue weighted by molar-refractivity contribution is 5.00. The third kappa shape index (κ3) is 7.39. The van der Waals surface area contributed by atoms with Gasteiger partial charge in [0.1, 0.15) is 0 Å². The van der Waals surface area contributed by atoms with E-state index in [1.54, 1.807) is 20.9 Å². The molecule has 0 unspecified atom stereocenters. The van der Waals surface area contributed by atoms with Gasteiger partial charge in [0, 0.05) is 19.1 Å². The van der Waals surface area contributed by atoms with Crippen LogP contribution in [0.5, 0.6) is 0 Å². The summed E-state index contributed by atoms with van der Waals surface area (Å²) < 4.78 is 36.6. The lowest BCUT2D eigenvalue weighted by molar-refractivity contribution is -0.148. The molecule has 0 rings (SSSR count). The Labute approximate surface area is 89.1 Å². The lowest BCUT2D eigenvalue weighted by Gasteiger charge is -2.28. The molecular formula is C10H19F3N2. The second kappa shape index (κ2) is 6.12. The third-order valence-electron chi connectivity index (χ3n) is 1.97. The molecule has 0 bridgehead atoms. The Kier molecular flexibility index (Phi) is 5.90. The first-order chi connectivity index (χ1) is 6.76. The molecule has 0 atom stereocenters. The first-order valence-corrected chi connectivity index (χ1v) is 4.88. The fourth-order valence-electron chi connectivity index (χ4n) is 1.24. The van der Waals surface area contributed by atoms with Gasteiger partial charge < -0.3 is 5.32 Å². The summed E-state index contributed by atoms with van der Waals surface area (Å²) in [5.41, 5.74) is 0.760. The molecule has 0 aliphatic carbocycles. The maximum absolute atomic E-state index is 12.2. The molecule has 0 heterocycles. The molecule has 15 heavy (non-hydrogen) atoms. The first-order valence-electron chi connectivity index (χ1n) is 4.88. The van der Waals surface area contributed by atoms with Crippen LogP contribution < -0.4 is 5.32 Å². The van der Waals surface area contributed by atoms with Crippen LogP contribution in [0.15, 0.2) is 12.2 Å². The summed E-state index contributed by atoms with van der Waals surface area (Å²) in [6.45, 7) is 7.16. The van der Waals surface area contributed by atoms with E-state index in [1.807, 2.05) is 0 Å². The van der Waals surface area contributed by atoms with E-state index >= 15 is 0 Å². The van der Waals surface area contributed by atoms with Crippen molar-refractivity contribution in [3.63, 3.8) is 0 Å². The highest BCUT2D eigenvalue weighted by Crippen LogP contribution is 2.18. The van der Waals surface area contributed by atoms with Crippen LogP contribution in [0.1, 0.15) is 13.8 Å². The van der Waals surface area contributed by atoms with Crippen LogP contribution >= 0.6 is 0 Å². The highest BCUT2D eigenvalue weighted by Gasteiger charge is 2.31. The topological polar surface area (TPSA) is 15.3 Å². The summed E-state index contributed by atoms with van der Waals surface area (Å²) in [5.74, 6) is 0. The SMILES string of the molecule is C=C(CNC)CN(CC(F)(F)F)C(C)C. The van der Waals surface area contributed by atoms with Gasteiger partial charge in [-0.05, 0) is 26.5 Å². The summed E-state index contributed by atoms with van der Waals surface area (Å²) in [6.07, 6.45) is -4.15. The van der Waals surface area contributed by atoms with Crippen LogP contribution in [0.4, 0.5) is 13.2 Å². The summed E-state index contributed by atoms with van der Waals surface area (Å²) in [5, 5.41) is 2.87. The molecule has 0 spiro atoms. The molecule has 90 valence electrons. The van der Waals surface area contributed by atoms with Crippen molar-refractivity contribution in [3.8, 4) is 0 Å². The molecule has 0 radical (unpaired) electrons.